The third kappa shape index (κ3) is 4.12. The average molecular weight is 357 g/mol. The molecule has 1 saturated heterocycles. The third-order valence-electron chi connectivity index (χ3n) is 4.87. The van der Waals surface area contributed by atoms with Crippen molar-refractivity contribution in [3.63, 3.8) is 0 Å². The second-order valence-electron chi connectivity index (χ2n) is 6.57. The quantitative estimate of drug-likeness (QED) is 0.774. The van der Waals surface area contributed by atoms with Gasteiger partial charge in [-0.15, -0.1) is 0 Å². The molecule has 1 aliphatic heterocycles. The van der Waals surface area contributed by atoms with E-state index in [9.17, 15) is 4.79 Å². The van der Waals surface area contributed by atoms with Gasteiger partial charge in [0, 0.05) is 44.6 Å². The summed E-state index contributed by atoms with van der Waals surface area (Å²) in [5.41, 5.74) is 6.91. The number of hydrogen-bond donors (Lipinski definition) is 2. The van der Waals surface area contributed by atoms with Crippen molar-refractivity contribution in [1.29, 1.82) is 0 Å². The number of nitrogens with zero attached hydrogens (tertiary/aromatic N) is 3. The van der Waals surface area contributed by atoms with E-state index >= 15 is 0 Å². The van der Waals surface area contributed by atoms with Crippen LogP contribution in [0.5, 0.6) is 0 Å². The lowest BCUT2D eigenvalue weighted by molar-refractivity contribution is -0.0729. The molecular weight excluding hydrogens is 330 g/mol. The number of carbonyl (C=O) groups is 1. The Kier molecular flexibility index (Phi) is 6.03. The Morgan fingerprint density at radius 3 is 3.00 bits per heavy atom. The lowest BCUT2D eigenvalue weighted by atomic mass is 10.1. The maximum Gasteiger partial charge on any atom is 0.248 e. The highest BCUT2D eigenvalue weighted by molar-refractivity contribution is 5.92. The predicted octanol–water partition coefficient (Wildman–Crippen LogP) is 1.07. The van der Waals surface area contributed by atoms with E-state index in [1.165, 1.54) is 0 Å². The monoisotopic (exact) mass is 357 g/mol. The molecule has 0 radical (unpaired) electrons. The Balaban J connectivity index is 1.66. The van der Waals surface area contributed by atoms with Gasteiger partial charge < -0.3 is 20.4 Å². The van der Waals surface area contributed by atoms with Crippen molar-refractivity contribution in [3.8, 4) is 0 Å². The number of ether oxygens (including phenoxy) is 1. The number of primary amides is 1. The van der Waals surface area contributed by atoms with Gasteiger partial charge in [-0.2, -0.15) is 0 Å². The molecule has 7 nitrogen and oxygen atoms in total. The minimum Gasteiger partial charge on any atom is -0.373 e. The molecule has 0 bridgehead atoms. The van der Waals surface area contributed by atoms with Crippen molar-refractivity contribution in [1.82, 2.24) is 19.8 Å². The molecule has 0 unspecified atom stereocenters. The maximum atomic E-state index is 11.3. The van der Waals surface area contributed by atoms with Crippen LogP contribution in [0.1, 0.15) is 34.7 Å². The van der Waals surface area contributed by atoms with E-state index in [0.29, 0.717) is 18.7 Å². The molecule has 2 atom stereocenters. The number of benzene rings is 1. The van der Waals surface area contributed by atoms with Crippen LogP contribution in [0.4, 0.5) is 0 Å². The number of nitrogens with one attached hydrogen (secondary N) is 1. The molecule has 3 rings (SSSR count). The summed E-state index contributed by atoms with van der Waals surface area (Å²) in [4.78, 5) is 18.3. The summed E-state index contributed by atoms with van der Waals surface area (Å²) in [6.07, 6.45) is 3.82. The van der Waals surface area contributed by atoms with Gasteiger partial charge in [0.2, 0.25) is 5.91 Å². The third-order valence-corrected chi connectivity index (χ3v) is 4.87. The molecule has 0 spiro atoms. The van der Waals surface area contributed by atoms with E-state index in [1.807, 2.05) is 37.6 Å². The lowest BCUT2D eigenvalue weighted by Gasteiger charge is -2.40. The van der Waals surface area contributed by atoms with Gasteiger partial charge in [0.25, 0.3) is 0 Å². The lowest BCUT2D eigenvalue weighted by Crippen LogP contribution is -2.49. The molecule has 7 heteroatoms. The number of nitrogens with two attached hydrogens (primary N) is 1. The molecule has 26 heavy (non-hydrogen) atoms. The van der Waals surface area contributed by atoms with E-state index in [-0.39, 0.29) is 12.1 Å². The molecule has 3 N–H and O–H groups in total. The molecule has 140 valence electrons. The van der Waals surface area contributed by atoms with Gasteiger partial charge in [-0.25, -0.2) is 4.98 Å². The Bertz CT molecular complexity index is 745. The van der Waals surface area contributed by atoms with Gasteiger partial charge in [0.1, 0.15) is 5.82 Å². The molecule has 1 aromatic heterocycles. The summed E-state index contributed by atoms with van der Waals surface area (Å²) in [6, 6.07) is 7.51. The molecule has 1 fully saturated rings. The minimum absolute atomic E-state index is 0.0177. The summed E-state index contributed by atoms with van der Waals surface area (Å²) in [5.74, 6) is 0.616. The van der Waals surface area contributed by atoms with Crippen LogP contribution in [0.15, 0.2) is 36.7 Å². The Morgan fingerprint density at radius 1 is 1.46 bits per heavy atom. The predicted molar refractivity (Wildman–Crippen MR) is 99.6 cm³/mol. The Labute approximate surface area is 154 Å². The summed E-state index contributed by atoms with van der Waals surface area (Å²) in [7, 11) is 2.02. The summed E-state index contributed by atoms with van der Waals surface area (Å²) in [5, 5.41) is 3.45. The molecule has 0 saturated carbocycles. The van der Waals surface area contributed by atoms with Gasteiger partial charge >= 0.3 is 0 Å². The van der Waals surface area contributed by atoms with Crippen LogP contribution in [-0.4, -0.2) is 52.7 Å². The number of carbonyl (C=O) groups excluding carboxylic acids is 1. The standard InChI is InChI=1S/C19H27N5O2/c1-3-24-9-10-26-16(17(24)19-22-7-8-23(19)2)13-21-12-14-5-4-6-15(11-14)18(20)25/h4-8,11,16-17,21H,3,9-10,12-13H2,1-2H3,(H2,20,25)/t16-,17+/m0/s1. The molecule has 1 aromatic carbocycles. The molecule has 1 aliphatic rings. The zero-order valence-corrected chi connectivity index (χ0v) is 15.4. The van der Waals surface area contributed by atoms with Crippen LogP contribution in [0.25, 0.3) is 0 Å². The normalized spacial score (nSPS) is 21.0. The van der Waals surface area contributed by atoms with Gasteiger partial charge in [0.05, 0.1) is 18.8 Å². The largest absolute Gasteiger partial charge is 0.373 e. The highest BCUT2D eigenvalue weighted by Crippen LogP contribution is 2.27. The zero-order valence-electron chi connectivity index (χ0n) is 15.4. The first-order valence-corrected chi connectivity index (χ1v) is 9.02. The van der Waals surface area contributed by atoms with E-state index in [4.69, 9.17) is 10.5 Å². The van der Waals surface area contributed by atoms with Crippen molar-refractivity contribution < 1.29 is 9.53 Å². The zero-order chi connectivity index (χ0) is 18.5. The number of amides is 1. The van der Waals surface area contributed by atoms with Crippen molar-refractivity contribution in [2.45, 2.75) is 25.6 Å². The molecule has 0 aliphatic carbocycles. The summed E-state index contributed by atoms with van der Waals surface area (Å²) in [6.45, 7) is 6.11. The Hall–Kier alpha value is -2.22. The van der Waals surface area contributed by atoms with Gasteiger partial charge in [-0.3, -0.25) is 9.69 Å². The summed E-state index contributed by atoms with van der Waals surface area (Å²) < 4.78 is 8.13. The van der Waals surface area contributed by atoms with Crippen molar-refractivity contribution in [3.05, 3.63) is 53.6 Å². The first-order valence-electron chi connectivity index (χ1n) is 9.02. The van der Waals surface area contributed by atoms with Crippen LogP contribution in [-0.2, 0) is 18.3 Å². The molecule has 1 amide bonds. The van der Waals surface area contributed by atoms with E-state index in [1.54, 1.807) is 6.07 Å². The van der Waals surface area contributed by atoms with Crippen molar-refractivity contribution >= 4 is 5.91 Å². The Morgan fingerprint density at radius 2 is 2.31 bits per heavy atom. The minimum atomic E-state index is -0.407. The van der Waals surface area contributed by atoms with Gasteiger partial charge in [0.15, 0.2) is 0 Å². The van der Waals surface area contributed by atoms with Crippen molar-refractivity contribution in [2.24, 2.45) is 12.8 Å². The number of aromatic nitrogens is 2. The number of likely N-dealkylation sites (N-methyl/N-ethyl adjacent to an activating group) is 1. The fourth-order valence-electron chi connectivity index (χ4n) is 3.50. The fraction of sp³-hybridized carbons (Fsp3) is 0.474. The maximum absolute atomic E-state index is 11.3. The number of hydrogen-bond acceptors (Lipinski definition) is 5. The average Bonchev–Trinajstić information content (AvgIpc) is 3.07. The number of imidazole rings is 1. The fourth-order valence-corrected chi connectivity index (χ4v) is 3.50. The SMILES string of the molecule is CCN1CCO[C@@H](CNCc2cccc(C(N)=O)c2)[C@@H]1c1nccn1C. The van der Waals surface area contributed by atoms with Crippen LogP contribution < -0.4 is 11.1 Å². The van der Waals surface area contributed by atoms with Crippen LogP contribution in [0.3, 0.4) is 0 Å². The van der Waals surface area contributed by atoms with E-state index in [2.05, 4.69) is 26.7 Å². The van der Waals surface area contributed by atoms with Crippen molar-refractivity contribution in [2.75, 3.05) is 26.2 Å². The number of morpholine rings is 1. The summed E-state index contributed by atoms with van der Waals surface area (Å²) >= 11 is 0. The van der Waals surface area contributed by atoms with Crippen LogP contribution in [0, 0.1) is 0 Å². The van der Waals surface area contributed by atoms with Crippen LogP contribution >= 0.6 is 0 Å². The van der Waals surface area contributed by atoms with Gasteiger partial charge in [-0.05, 0) is 24.2 Å². The highest BCUT2D eigenvalue weighted by Gasteiger charge is 2.34. The second kappa shape index (κ2) is 8.44. The topological polar surface area (TPSA) is 85.4 Å². The van der Waals surface area contributed by atoms with E-state index in [0.717, 1.165) is 31.1 Å². The number of aryl methyl sites for hydroxylation is 1. The molecular formula is C19H27N5O2. The smallest absolute Gasteiger partial charge is 0.248 e. The first-order chi connectivity index (χ1) is 12.6. The molecule has 2 aromatic rings. The van der Waals surface area contributed by atoms with Gasteiger partial charge in [-0.1, -0.05) is 19.1 Å². The highest BCUT2D eigenvalue weighted by atomic mass is 16.5. The number of rotatable bonds is 7. The van der Waals surface area contributed by atoms with E-state index < -0.39 is 5.91 Å². The molecule has 2 heterocycles. The second-order valence-corrected chi connectivity index (χ2v) is 6.57. The van der Waals surface area contributed by atoms with Crippen LogP contribution in [0.2, 0.25) is 0 Å². The first kappa shape index (κ1) is 18.6.